The zero-order chi connectivity index (χ0) is 14.0. The van der Waals surface area contributed by atoms with Gasteiger partial charge in [-0.2, -0.15) is 0 Å². The second-order valence-electron chi connectivity index (χ2n) is 4.30. The average Bonchev–Trinajstić information content (AvgIpc) is 2.74. The van der Waals surface area contributed by atoms with E-state index in [4.69, 9.17) is 15.2 Å². The molecule has 1 aromatic heterocycles. The maximum Gasteiger partial charge on any atom is 0.161 e. The molecule has 0 spiro atoms. The number of nitrogens with two attached hydrogens (primary N) is 1. The number of imidazole rings is 1. The fourth-order valence-corrected chi connectivity index (χ4v) is 2.06. The molecule has 5 nitrogen and oxygen atoms in total. The molecule has 0 radical (unpaired) electrons. The molecule has 5 heteroatoms. The molecule has 0 aliphatic heterocycles. The predicted molar refractivity (Wildman–Crippen MR) is 74.4 cm³/mol. The maximum atomic E-state index is 5.69. The van der Waals surface area contributed by atoms with Gasteiger partial charge in [0.15, 0.2) is 11.5 Å². The highest BCUT2D eigenvalue weighted by atomic mass is 16.5. The van der Waals surface area contributed by atoms with Crippen molar-refractivity contribution in [3.63, 3.8) is 0 Å². The molecule has 19 heavy (non-hydrogen) atoms. The third-order valence-electron chi connectivity index (χ3n) is 3.31. The van der Waals surface area contributed by atoms with Crippen LogP contribution >= 0.6 is 0 Å². The molecule has 2 aromatic rings. The summed E-state index contributed by atoms with van der Waals surface area (Å²) < 4.78 is 12.6. The number of rotatable bonds is 4. The third kappa shape index (κ3) is 2.29. The molecule has 0 saturated heterocycles. The lowest BCUT2D eigenvalue weighted by Crippen LogP contribution is -1.99. The van der Waals surface area contributed by atoms with Crippen LogP contribution in [0, 0.1) is 6.92 Å². The lowest BCUT2D eigenvalue weighted by molar-refractivity contribution is 0.355. The van der Waals surface area contributed by atoms with Gasteiger partial charge in [0.25, 0.3) is 0 Å². The van der Waals surface area contributed by atoms with Crippen molar-refractivity contribution in [2.45, 2.75) is 13.5 Å². The Kier molecular flexibility index (Phi) is 3.76. The van der Waals surface area contributed by atoms with E-state index in [0.717, 1.165) is 22.8 Å². The Morgan fingerprint density at radius 3 is 2.42 bits per heavy atom. The van der Waals surface area contributed by atoms with E-state index < -0.39 is 0 Å². The van der Waals surface area contributed by atoms with Gasteiger partial charge in [0.2, 0.25) is 0 Å². The van der Waals surface area contributed by atoms with E-state index in [1.165, 1.54) is 0 Å². The Morgan fingerprint density at radius 2 is 1.89 bits per heavy atom. The zero-order valence-corrected chi connectivity index (χ0v) is 11.7. The van der Waals surface area contributed by atoms with Crippen LogP contribution in [-0.4, -0.2) is 23.8 Å². The smallest absolute Gasteiger partial charge is 0.161 e. The van der Waals surface area contributed by atoms with E-state index in [2.05, 4.69) is 4.98 Å². The Bertz CT molecular complexity index is 591. The van der Waals surface area contributed by atoms with Crippen molar-refractivity contribution in [3.05, 3.63) is 29.6 Å². The number of nitrogens with zero attached hydrogens (tertiary/aromatic N) is 2. The average molecular weight is 261 g/mol. The van der Waals surface area contributed by atoms with Crippen molar-refractivity contribution >= 4 is 0 Å². The molecule has 0 fully saturated rings. The van der Waals surface area contributed by atoms with Gasteiger partial charge in [-0.25, -0.2) is 4.98 Å². The molecule has 1 heterocycles. The quantitative estimate of drug-likeness (QED) is 0.912. The van der Waals surface area contributed by atoms with Crippen molar-refractivity contribution in [2.24, 2.45) is 12.8 Å². The second kappa shape index (κ2) is 5.32. The van der Waals surface area contributed by atoms with Crippen LogP contribution in [0.5, 0.6) is 11.5 Å². The number of ether oxygens (including phenoxy) is 2. The number of benzene rings is 1. The number of methoxy groups -OCH3 is 2. The van der Waals surface area contributed by atoms with Crippen molar-refractivity contribution < 1.29 is 9.47 Å². The Labute approximate surface area is 113 Å². The third-order valence-corrected chi connectivity index (χ3v) is 3.31. The molecule has 0 unspecified atom stereocenters. The summed E-state index contributed by atoms with van der Waals surface area (Å²) >= 11 is 0. The number of hydrogen-bond acceptors (Lipinski definition) is 4. The van der Waals surface area contributed by atoms with Crippen molar-refractivity contribution in [1.82, 2.24) is 9.55 Å². The summed E-state index contributed by atoms with van der Waals surface area (Å²) in [6.07, 6.45) is 0. The predicted octanol–water partition coefficient (Wildman–Crippen LogP) is 1.87. The van der Waals surface area contributed by atoms with Crippen LogP contribution in [-0.2, 0) is 13.6 Å². The van der Waals surface area contributed by atoms with Crippen LogP contribution < -0.4 is 15.2 Å². The van der Waals surface area contributed by atoms with E-state index in [-0.39, 0.29) is 0 Å². The molecule has 0 aliphatic rings. The second-order valence-corrected chi connectivity index (χ2v) is 4.30. The normalized spacial score (nSPS) is 10.6. The highest BCUT2D eigenvalue weighted by Gasteiger charge is 2.13. The molecule has 0 bridgehead atoms. The van der Waals surface area contributed by atoms with E-state index >= 15 is 0 Å². The maximum absolute atomic E-state index is 5.69. The first-order chi connectivity index (χ1) is 9.12. The summed E-state index contributed by atoms with van der Waals surface area (Å²) in [4.78, 5) is 4.57. The number of hydrogen-bond donors (Lipinski definition) is 1. The molecular formula is C14H19N3O2. The molecule has 0 aliphatic carbocycles. The molecular weight excluding hydrogens is 242 g/mol. The Balaban J connectivity index is 2.53. The highest BCUT2D eigenvalue weighted by Crippen LogP contribution is 2.32. The van der Waals surface area contributed by atoms with Gasteiger partial charge >= 0.3 is 0 Å². The molecule has 0 saturated carbocycles. The summed E-state index contributed by atoms with van der Waals surface area (Å²) in [7, 11) is 5.22. The van der Waals surface area contributed by atoms with Crippen LogP contribution in [0.25, 0.3) is 11.4 Å². The first-order valence-electron chi connectivity index (χ1n) is 6.07. The summed E-state index contributed by atoms with van der Waals surface area (Å²) in [5.74, 6) is 2.27. The van der Waals surface area contributed by atoms with E-state index in [1.54, 1.807) is 14.2 Å². The molecule has 2 rings (SSSR count). The van der Waals surface area contributed by atoms with Crippen LogP contribution in [0.2, 0.25) is 0 Å². The highest BCUT2D eigenvalue weighted by molar-refractivity contribution is 5.62. The first-order valence-corrected chi connectivity index (χ1v) is 6.07. The lowest BCUT2D eigenvalue weighted by Gasteiger charge is -2.09. The monoisotopic (exact) mass is 261 g/mol. The zero-order valence-electron chi connectivity index (χ0n) is 11.7. The van der Waals surface area contributed by atoms with Crippen LogP contribution in [0.3, 0.4) is 0 Å². The van der Waals surface area contributed by atoms with E-state index in [1.807, 2.05) is 36.7 Å². The largest absolute Gasteiger partial charge is 0.493 e. The van der Waals surface area contributed by atoms with Crippen LogP contribution in [0.1, 0.15) is 11.4 Å². The summed E-state index contributed by atoms with van der Waals surface area (Å²) in [6, 6.07) is 5.75. The minimum atomic E-state index is 0.437. The van der Waals surface area contributed by atoms with Crippen LogP contribution in [0.4, 0.5) is 0 Å². The number of aromatic nitrogens is 2. The summed E-state index contributed by atoms with van der Waals surface area (Å²) in [6.45, 7) is 2.45. The van der Waals surface area contributed by atoms with Gasteiger partial charge in [0.1, 0.15) is 5.82 Å². The fourth-order valence-electron chi connectivity index (χ4n) is 2.06. The molecule has 2 N–H and O–H groups in total. The molecule has 1 aromatic carbocycles. The lowest BCUT2D eigenvalue weighted by atomic mass is 10.2. The van der Waals surface area contributed by atoms with Gasteiger partial charge in [-0.1, -0.05) is 0 Å². The van der Waals surface area contributed by atoms with Crippen molar-refractivity contribution in [2.75, 3.05) is 14.2 Å². The van der Waals surface area contributed by atoms with Gasteiger partial charge < -0.3 is 19.8 Å². The van der Waals surface area contributed by atoms with Gasteiger partial charge in [-0.05, 0) is 25.1 Å². The van der Waals surface area contributed by atoms with Gasteiger partial charge in [0.05, 0.1) is 19.9 Å². The SMILES string of the molecule is COc1ccc(-c2nc(CN)c(C)n2C)cc1OC. The fraction of sp³-hybridized carbons (Fsp3) is 0.357. The standard InChI is InChI=1S/C14H19N3O2/c1-9-11(8-15)16-14(17(9)2)10-5-6-12(18-3)13(7-10)19-4/h5-7H,8,15H2,1-4H3. The van der Waals surface area contributed by atoms with Crippen molar-refractivity contribution in [1.29, 1.82) is 0 Å². The van der Waals surface area contributed by atoms with Gasteiger partial charge in [-0.15, -0.1) is 0 Å². The molecule has 0 atom stereocenters. The Hall–Kier alpha value is -2.01. The first kappa shape index (κ1) is 13.4. The van der Waals surface area contributed by atoms with Crippen molar-refractivity contribution in [3.8, 4) is 22.9 Å². The summed E-state index contributed by atoms with van der Waals surface area (Å²) in [5, 5.41) is 0. The van der Waals surface area contributed by atoms with E-state index in [9.17, 15) is 0 Å². The van der Waals surface area contributed by atoms with Gasteiger partial charge in [-0.3, -0.25) is 0 Å². The van der Waals surface area contributed by atoms with Crippen LogP contribution in [0.15, 0.2) is 18.2 Å². The minimum Gasteiger partial charge on any atom is -0.493 e. The summed E-state index contributed by atoms with van der Waals surface area (Å²) in [5.41, 5.74) is 8.65. The van der Waals surface area contributed by atoms with Gasteiger partial charge in [0, 0.05) is 24.8 Å². The molecule has 102 valence electrons. The van der Waals surface area contributed by atoms with E-state index in [0.29, 0.717) is 18.0 Å². The minimum absolute atomic E-state index is 0.437. The molecule has 0 amide bonds. The topological polar surface area (TPSA) is 62.3 Å². The Morgan fingerprint density at radius 1 is 1.21 bits per heavy atom.